The van der Waals surface area contributed by atoms with Crippen LogP contribution in [-0.4, -0.2) is 18.3 Å². The van der Waals surface area contributed by atoms with Gasteiger partial charge in [0.1, 0.15) is 6.61 Å². The van der Waals surface area contributed by atoms with Crippen LogP contribution in [-0.2, 0) is 15.9 Å². The molecular formula is C22H28BFO3. The van der Waals surface area contributed by atoms with Crippen molar-refractivity contribution >= 4 is 12.6 Å². The van der Waals surface area contributed by atoms with Gasteiger partial charge in [-0.15, -0.1) is 0 Å². The van der Waals surface area contributed by atoms with Gasteiger partial charge in [-0.25, -0.2) is 4.39 Å². The quantitative estimate of drug-likeness (QED) is 0.706. The van der Waals surface area contributed by atoms with Crippen LogP contribution < -0.4 is 10.2 Å². The minimum atomic E-state index is -0.581. The van der Waals surface area contributed by atoms with E-state index in [4.69, 9.17) is 14.0 Å². The van der Waals surface area contributed by atoms with E-state index in [2.05, 4.69) is 26.0 Å². The van der Waals surface area contributed by atoms with E-state index in [0.717, 1.165) is 5.56 Å². The van der Waals surface area contributed by atoms with Crippen molar-refractivity contribution in [1.29, 1.82) is 0 Å². The van der Waals surface area contributed by atoms with E-state index in [0.29, 0.717) is 18.0 Å². The zero-order valence-electron chi connectivity index (χ0n) is 17.0. The fraction of sp³-hybridized carbons (Fsp3) is 0.455. The molecule has 1 saturated heterocycles. The minimum Gasteiger partial charge on any atom is -0.486 e. The molecule has 3 rings (SSSR count). The SMILES string of the molecule is CC(C)c1ccc(COc2ccc(B3OC(C)(C)C(C)(C)O3)cc2F)cc1. The van der Waals surface area contributed by atoms with E-state index in [1.165, 1.54) is 11.6 Å². The first-order valence-corrected chi connectivity index (χ1v) is 9.46. The molecule has 2 aromatic rings. The maximum atomic E-state index is 14.5. The molecule has 0 radical (unpaired) electrons. The summed E-state index contributed by atoms with van der Waals surface area (Å²) in [6.45, 7) is 12.5. The van der Waals surface area contributed by atoms with E-state index in [1.807, 2.05) is 39.8 Å². The molecule has 0 saturated carbocycles. The monoisotopic (exact) mass is 370 g/mol. The van der Waals surface area contributed by atoms with Crippen molar-refractivity contribution < 1.29 is 18.4 Å². The molecule has 1 heterocycles. The molecule has 2 aromatic carbocycles. The zero-order valence-corrected chi connectivity index (χ0v) is 17.0. The van der Waals surface area contributed by atoms with E-state index < -0.39 is 24.1 Å². The van der Waals surface area contributed by atoms with Gasteiger partial charge in [0.05, 0.1) is 11.2 Å². The molecule has 0 aromatic heterocycles. The fourth-order valence-electron chi connectivity index (χ4n) is 2.92. The molecule has 5 heteroatoms. The van der Waals surface area contributed by atoms with Crippen molar-refractivity contribution in [3.05, 3.63) is 59.4 Å². The number of benzene rings is 2. The Labute approximate surface area is 162 Å². The highest BCUT2D eigenvalue weighted by Crippen LogP contribution is 2.36. The van der Waals surface area contributed by atoms with Crippen LogP contribution in [0, 0.1) is 5.82 Å². The molecule has 0 atom stereocenters. The zero-order chi connectivity index (χ0) is 19.8. The summed E-state index contributed by atoms with van der Waals surface area (Å²) in [5, 5.41) is 0. The Hall–Kier alpha value is -1.85. The standard InChI is InChI=1S/C22H28BFO3/c1-15(2)17-9-7-16(8-10-17)14-25-20-12-11-18(13-19(20)24)23-26-21(3,4)22(5,6)27-23/h7-13,15H,14H2,1-6H3. The first-order chi connectivity index (χ1) is 12.6. The van der Waals surface area contributed by atoms with Crippen molar-refractivity contribution in [3.8, 4) is 5.75 Å². The van der Waals surface area contributed by atoms with Gasteiger partial charge in [-0.3, -0.25) is 0 Å². The summed E-state index contributed by atoms with van der Waals surface area (Å²) in [6.07, 6.45) is 0. The summed E-state index contributed by atoms with van der Waals surface area (Å²) >= 11 is 0. The summed E-state index contributed by atoms with van der Waals surface area (Å²) in [7, 11) is -0.581. The summed E-state index contributed by atoms with van der Waals surface area (Å²) in [6, 6.07) is 13.1. The van der Waals surface area contributed by atoms with Gasteiger partial charge in [0, 0.05) is 0 Å². The highest BCUT2D eigenvalue weighted by Gasteiger charge is 2.51. The van der Waals surface area contributed by atoms with Crippen LogP contribution in [0.5, 0.6) is 5.75 Å². The molecule has 1 fully saturated rings. The van der Waals surface area contributed by atoms with Gasteiger partial charge in [0.15, 0.2) is 11.6 Å². The lowest BCUT2D eigenvalue weighted by molar-refractivity contribution is 0.00578. The second kappa shape index (κ2) is 7.29. The predicted octanol–water partition coefficient (Wildman–Crippen LogP) is 4.83. The number of rotatable bonds is 5. The third kappa shape index (κ3) is 4.20. The fourth-order valence-corrected chi connectivity index (χ4v) is 2.92. The molecule has 0 spiro atoms. The predicted molar refractivity (Wildman–Crippen MR) is 107 cm³/mol. The summed E-state index contributed by atoms with van der Waals surface area (Å²) in [5.41, 5.74) is 2.03. The lowest BCUT2D eigenvalue weighted by Gasteiger charge is -2.32. The molecule has 3 nitrogen and oxygen atoms in total. The Balaban J connectivity index is 1.67. The van der Waals surface area contributed by atoms with Crippen LogP contribution in [0.3, 0.4) is 0 Å². The van der Waals surface area contributed by atoms with Gasteiger partial charge in [-0.2, -0.15) is 0 Å². The van der Waals surface area contributed by atoms with Crippen molar-refractivity contribution in [1.82, 2.24) is 0 Å². The summed E-state index contributed by atoms with van der Waals surface area (Å²) < 4.78 is 32.1. The second-order valence-electron chi connectivity index (χ2n) is 8.46. The highest BCUT2D eigenvalue weighted by atomic mass is 19.1. The first-order valence-electron chi connectivity index (χ1n) is 9.46. The van der Waals surface area contributed by atoms with E-state index in [1.54, 1.807) is 12.1 Å². The van der Waals surface area contributed by atoms with Gasteiger partial charge in [0.2, 0.25) is 0 Å². The average molecular weight is 370 g/mol. The largest absolute Gasteiger partial charge is 0.494 e. The molecular weight excluding hydrogens is 342 g/mol. The number of halogens is 1. The van der Waals surface area contributed by atoms with Crippen LogP contribution in [0.1, 0.15) is 58.6 Å². The third-order valence-corrected chi connectivity index (χ3v) is 5.52. The number of hydrogen-bond donors (Lipinski definition) is 0. The van der Waals surface area contributed by atoms with Gasteiger partial charge >= 0.3 is 7.12 Å². The second-order valence-corrected chi connectivity index (χ2v) is 8.46. The molecule has 144 valence electrons. The molecule has 0 unspecified atom stereocenters. The normalized spacial score (nSPS) is 18.1. The molecule has 0 amide bonds. The van der Waals surface area contributed by atoms with Gasteiger partial charge in [-0.05, 0) is 62.3 Å². The Morgan fingerprint density at radius 1 is 0.963 bits per heavy atom. The van der Waals surface area contributed by atoms with Crippen LogP contribution >= 0.6 is 0 Å². The van der Waals surface area contributed by atoms with Crippen molar-refractivity contribution in [3.63, 3.8) is 0 Å². The maximum Gasteiger partial charge on any atom is 0.494 e. The molecule has 1 aliphatic rings. The van der Waals surface area contributed by atoms with Crippen molar-refractivity contribution in [2.75, 3.05) is 0 Å². The lowest BCUT2D eigenvalue weighted by Crippen LogP contribution is -2.41. The van der Waals surface area contributed by atoms with Crippen LogP contribution in [0.15, 0.2) is 42.5 Å². The van der Waals surface area contributed by atoms with E-state index >= 15 is 0 Å². The Kier molecular flexibility index (Phi) is 5.37. The molecule has 0 N–H and O–H groups in total. The van der Waals surface area contributed by atoms with Gasteiger partial charge in [0.25, 0.3) is 0 Å². The molecule has 27 heavy (non-hydrogen) atoms. The van der Waals surface area contributed by atoms with Crippen molar-refractivity contribution in [2.45, 2.75) is 65.3 Å². The van der Waals surface area contributed by atoms with Crippen LogP contribution in [0.25, 0.3) is 0 Å². The lowest BCUT2D eigenvalue weighted by atomic mass is 9.79. The van der Waals surface area contributed by atoms with Gasteiger partial charge < -0.3 is 14.0 Å². The summed E-state index contributed by atoms with van der Waals surface area (Å²) in [5.74, 6) is 0.296. The van der Waals surface area contributed by atoms with E-state index in [9.17, 15) is 4.39 Å². The number of hydrogen-bond acceptors (Lipinski definition) is 3. The Morgan fingerprint density at radius 3 is 2.07 bits per heavy atom. The average Bonchev–Trinajstić information content (AvgIpc) is 2.82. The molecule has 1 aliphatic heterocycles. The van der Waals surface area contributed by atoms with E-state index in [-0.39, 0.29) is 5.75 Å². The van der Waals surface area contributed by atoms with Crippen LogP contribution in [0.4, 0.5) is 4.39 Å². The number of ether oxygens (including phenoxy) is 1. The Morgan fingerprint density at radius 2 is 1.56 bits per heavy atom. The van der Waals surface area contributed by atoms with Gasteiger partial charge in [-0.1, -0.05) is 44.2 Å². The maximum absolute atomic E-state index is 14.5. The highest BCUT2D eigenvalue weighted by molar-refractivity contribution is 6.62. The first kappa shape index (κ1) is 19.9. The third-order valence-electron chi connectivity index (χ3n) is 5.52. The Bertz CT molecular complexity index is 784. The topological polar surface area (TPSA) is 27.7 Å². The van der Waals surface area contributed by atoms with Crippen molar-refractivity contribution in [2.24, 2.45) is 0 Å². The molecule has 0 bridgehead atoms. The summed E-state index contributed by atoms with van der Waals surface area (Å²) in [4.78, 5) is 0. The smallest absolute Gasteiger partial charge is 0.486 e. The molecule has 0 aliphatic carbocycles. The van der Waals surface area contributed by atoms with Crippen LogP contribution in [0.2, 0.25) is 0 Å². The minimum absolute atomic E-state index is 0.225.